The van der Waals surface area contributed by atoms with Gasteiger partial charge in [0.15, 0.2) is 5.65 Å². The summed E-state index contributed by atoms with van der Waals surface area (Å²) in [6.45, 7) is 1.27. The highest BCUT2D eigenvalue weighted by Gasteiger charge is 2.33. The van der Waals surface area contributed by atoms with E-state index in [2.05, 4.69) is 25.3 Å². The van der Waals surface area contributed by atoms with Gasteiger partial charge >= 0.3 is 6.18 Å². The lowest BCUT2D eigenvalue weighted by molar-refractivity contribution is -0.138. The molecule has 0 radical (unpaired) electrons. The van der Waals surface area contributed by atoms with Gasteiger partial charge in [-0.3, -0.25) is 9.78 Å². The molecule has 4 rings (SSSR count). The Labute approximate surface area is 179 Å². The second-order valence-electron chi connectivity index (χ2n) is 6.87. The molecule has 0 bridgehead atoms. The highest BCUT2D eigenvalue weighted by atomic mass is 35.5. The summed E-state index contributed by atoms with van der Waals surface area (Å²) in [4.78, 5) is 27.7. The standard InChI is InChI=1S/C21H15ClF3N5O/c1-11-15(21(23,24)25)7-14(8-26-11)29-18(31)6-12-2-4-13(5-3-12)17-10-28-20-19(30-17)16(22)9-27-20/h2-5,7-10H,6H2,1H3,(H,27,28)(H,29,31). The molecule has 0 aliphatic carbocycles. The number of hydrogen-bond acceptors (Lipinski definition) is 4. The van der Waals surface area contributed by atoms with E-state index in [1.807, 2.05) is 0 Å². The van der Waals surface area contributed by atoms with Gasteiger partial charge in [-0.1, -0.05) is 35.9 Å². The zero-order valence-corrected chi connectivity index (χ0v) is 16.8. The summed E-state index contributed by atoms with van der Waals surface area (Å²) in [6.07, 6.45) is -0.126. The number of aryl methyl sites for hydroxylation is 1. The van der Waals surface area contributed by atoms with Gasteiger partial charge in [0.2, 0.25) is 5.91 Å². The molecular weight excluding hydrogens is 431 g/mol. The van der Waals surface area contributed by atoms with Gasteiger partial charge in [0.1, 0.15) is 5.52 Å². The third kappa shape index (κ3) is 4.51. The largest absolute Gasteiger partial charge is 0.418 e. The lowest BCUT2D eigenvalue weighted by Crippen LogP contribution is -2.16. The number of carbonyl (C=O) groups excluding carboxylic acids is 1. The molecule has 158 valence electrons. The number of fused-ring (bicyclic) bond motifs is 1. The van der Waals surface area contributed by atoms with Gasteiger partial charge in [-0.2, -0.15) is 13.2 Å². The van der Waals surface area contributed by atoms with Gasteiger partial charge in [-0.15, -0.1) is 0 Å². The summed E-state index contributed by atoms with van der Waals surface area (Å²) >= 11 is 6.08. The number of alkyl halides is 3. The van der Waals surface area contributed by atoms with Crippen molar-refractivity contribution in [3.8, 4) is 11.3 Å². The monoisotopic (exact) mass is 445 g/mol. The molecule has 3 heterocycles. The number of aromatic amines is 1. The summed E-state index contributed by atoms with van der Waals surface area (Å²) in [5.74, 6) is -0.452. The summed E-state index contributed by atoms with van der Waals surface area (Å²) in [5.41, 5.74) is 2.20. The Morgan fingerprint density at radius 3 is 2.61 bits per heavy atom. The highest BCUT2D eigenvalue weighted by Crippen LogP contribution is 2.32. The number of rotatable bonds is 4. The van der Waals surface area contributed by atoms with E-state index in [9.17, 15) is 18.0 Å². The third-order valence-electron chi connectivity index (χ3n) is 4.62. The SMILES string of the molecule is Cc1ncc(NC(=O)Cc2ccc(-c3cnc4[nH]cc(Cl)c4n3)cc2)cc1C(F)(F)F. The average molecular weight is 446 g/mol. The van der Waals surface area contributed by atoms with Crippen LogP contribution in [0.3, 0.4) is 0 Å². The van der Waals surface area contributed by atoms with E-state index in [-0.39, 0.29) is 17.8 Å². The molecule has 31 heavy (non-hydrogen) atoms. The summed E-state index contributed by atoms with van der Waals surface area (Å²) in [5, 5.41) is 2.93. The quantitative estimate of drug-likeness (QED) is 0.453. The Morgan fingerprint density at radius 2 is 1.90 bits per heavy atom. The third-order valence-corrected chi connectivity index (χ3v) is 4.91. The molecular formula is C21H15ClF3N5O. The van der Waals surface area contributed by atoms with Gasteiger partial charge in [0.05, 0.1) is 40.8 Å². The Hall–Kier alpha value is -3.46. The molecule has 10 heteroatoms. The Kier molecular flexibility index (Phi) is 5.36. The lowest BCUT2D eigenvalue weighted by Gasteiger charge is -2.12. The van der Waals surface area contributed by atoms with Crippen LogP contribution in [0.2, 0.25) is 5.02 Å². The van der Waals surface area contributed by atoms with Crippen LogP contribution in [0.4, 0.5) is 18.9 Å². The van der Waals surface area contributed by atoms with E-state index in [4.69, 9.17) is 11.6 Å². The molecule has 1 amide bonds. The van der Waals surface area contributed by atoms with Gasteiger partial charge in [0, 0.05) is 17.5 Å². The Balaban J connectivity index is 1.46. The maximum absolute atomic E-state index is 13.0. The van der Waals surface area contributed by atoms with Gasteiger partial charge in [-0.25, -0.2) is 9.97 Å². The summed E-state index contributed by atoms with van der Waals surface area (Å²) < 4.78 is 39.0. The molecule has 0 saturated carbocycles. The van der Waals surface area contributed by atoms with Crippen molar-refractivity contribution in [2.24, 2.45) is 0 Å². The van der Waals surface area contributed by atoms with Crippen LogP contribution in [0.5, 0.6) is 0 Å². The van der Waals surface area contributed by atoms with Crippen LogP contribution in [0.15, 0.2) is 48.9 Å². The van der Waals surface area contributed by atoms with Crippen molar-refractivity contribution in [3.05, 3.63) is 70.8 Å². The van der Waals surface area contributed by atoms with Gasteiger partial charge < -0.3 is 10.3 Å². The Morgan fingerprint density at radius 1 is 1.16 bits per heavy atom. The second kappa shape index (κ2) is 7.99. The molecule has 0 spiro atoms. The molecule has 0 unspecified atom stereocenters. The first-order valence-electron chi connectivity index (χ1n) is 9.13. The van der Waals surface area contributed by atoms with E-state index in [1.54, 1.807) is 36.7 Å². The molecule has 4 aromatic rings. The molecule has 2 N–H and O–H groups in total. The number of hydrogen-bond donors (Lipinski definition) is 2. The van der Waals surface area contributed by atoms with Crippen LogP contribution in [0.25, 0.3) is 22.4 Å². The normalized spacial score (nSPS) is 11.6. The molecule has 1 aromatic carbocycles. The predicted octanol–water partition coefficient (Wildman–Crippen LogP) is 5.18. The van der Waals surface area contributed by atoms with Crippen molar-refractivity contribution in [3.63, 3.8) is 0 Å². The number of aromatic nitrogens is 4. The molecule has 0 atom stereocenters. The Bertz CT molecular complexity index is 1270. The van der Waals surface area contributed by atoms with Crippen LogP contribution in [0, 0.1) is 6.92 Å². The fourth-order valence-corrected chi connectivity index (χ4v) is 3.26. The van der Waals surface area contributed by atoms with Crippen LogP contribution in [-0.2, 0) is 17.4 Å². The number of pyridine rings is 1. The van der Waals surface area contributed by atoms with E-state index in [0.717, 1.165) is 11.6 Å². The van der Waals surface area contributed by atoms with Crippen molar-refractivity contribution < 1.29 is 18.0 Å². The molecule has 6 nitrogen and oxygen atoms in total. The highest BCUT2D eigenvalue weighted by molar-refractivity contribution is 6.34. The topological polar surface area (TPSA) is 83.6 Å². The minimum atomic E-state index is -4.54. The van der Waals surface area contributed by atoms with Crippen molar-refractivity contribution in [1.29, 1.82) is 0 Å². The van der Waals surface area contributed by atoms with Crippen molar-refractivity contribution in [2.45, 2.75) is 19.5 Å². The average Bonchev–Trinajstić information content (AvgIpc) is 3.09. The molecule has 3 aromatic heterocycles. The van der Waals surface area contributed by atoms with Crippen LogP contribution >= 0.6 is 11.6 Å². The molecule has 0 aliphatic rings. The first-order valence-corrected chi connectivity index (χ1v) is 9.51. The molecule has 0 fully saturated rings. The van der Waals surface area contributed by atoms with Crippen molar-refractivity contribution in [1.82, 2.24) is 19.9 Å². The summed E-state index contributed by atoms with van der Waals surface area (Å²) in [7, 11) is 0. The zero-order valence-electron chi connectivity index (χ0n) is 16.1. The van der Waals surface area contributed by atoms with Gasteiger partial charge in [0.25, 0.3) is 0 Å². The number of H-pyrrole nitrogens is 1. The van der Waals surface area contributed by atoms with E-state index >= 15 is 0 Å². The number of anilines is 1. The minimum absolute atomic E-state index is 0.00787. The number of carbonyl (C=O) groups is 1. The minimum Gasteiger partial charge on any atom is -0.343 e. The zero-order chi connectivity index (χ0) is 22.2. The van der Waals surface area contributed by atoms with Crippen molar-refractivity contribution in [2.75, 3.05) is 5.32 Å². The summed E-state index contributed by atoms with van der Waals surface area (Å²) in [6, 6.07) is 7.94. The maximum Gasteiger partial charge on any atom is 0.418 e. The number of halogens is 4. The van der Waals surface area contributed by atoms with Crippen LogP contribution in [0.1, 0.15) is 16.8 Å². The van der Waals surface area contributed by atoms with E-state index in [0.29, 0.717) is 27.4 Å². The lowest BCUT2D eigenvalue weighted by atomic mass is 10.1. The van der Waals surface area contributed by atoms with Crippen molar-refractivity contribution >= 4 is 34.4 Å². The smallest absolute Gasteiger partial charge is 0.343 e. The number of benzene rings is 1. The molecule has 0 saturated heterocycles. The van der Waals surface area contributed by atoms with Crippen LogP contribution < -0.4 is 5.32 Å². The second-order valence-corrected chi connectivity index (χ2v) is 7.27. The predicted molar refractivity (Wildman–Crippen MR) is 111 cm³/mol. The molecule has 0 aliphatic heterocycles. The van der Waals surface area contributed by atoms with Gasteiger partial charge in [-0.05, 0) is 18.6 Å². The van der Waals surface area contributed by atoms with E-state index in [1.165, 1.54) is 13.1 Å². The van der Waals surface area contributed by atoms with Crippen LogP contribution in [-0.4, -0.2) is 25.8 Å². The number of nitrogens with one attached hydrogen (secondary N) is 2. The fraction of sp³-hybridized carbons (Fsp3) is 0.143. The first-order chi connectivity index (χ1) is 14.7. The maximum atomic E-state index is 13.0. The number of amides is 1. The number of nitrogens with zero attached hydrogens (tertiary/aromatic N) is 3. The fourth-order valence-electron chi connectivity index (χ4n) is 3.07. The van der Waals surface area contributed by atoms with E-state index < -0.39 is 17.6 Å². The first kappa shape index (κ1) is 20.8.